The number of rotatable bonds is 20. The average Bonchev–Trinajstić information content (AvgIpc) is 2.73. The van der Waals surface area contributed by atoms with Gasteiger partial charge in [0.15, 0.2) is 0 Å². The molecule has 8 nitrogen and oxygen atoms in total. The Balaban J connectivity index is 3.96. The Kier molecular flexibility index (Phi) is 18.5. The number of nitrogens with one attached hydrogen (secondary N) is 2. The Bertz CT molecular complexity index is 525. The van der Waals surface area contributed by atoms with Crippen LogP contribution in [0.25, 0.3) is 0 Å². The van der Waals surface area contributed by atoms with Crippen LogP contribution < -0.4 is 16.4 Å². The number of ether oxygens (including phenoxy) is 1. The third-order valence-corrected chi connectivity index (χ3v) is 5.15. The Morgan fingerprint density at radius 2 is 1.35 bits per heavy atom. The first-order chi connectivity index (χ1) is 14.9. The van der Waals surface area contributed by atoms with Crippen molar-refractivity contribution in [1.82, 2.24) is 10.6 Å². The molecule has 1 atom stereocenters. The fraction of sp³-hybridized carbons (Fsp3) is 0.826. The zero-order chi connectivity index (χ0) is 23.3. The number of nitrogens with two attached hydrogens (primary N) is 1. The van der Waals surface area contributed by atoms with Crippen molar-refractivity contribution in [3.8, 4) is 0 Å². The highest BCUT2D eigenvalue weighted by Gasteiger charge is 2.22. The molecular formula is C23H43N3O5. The number of carbonyl (C=O) groups excluding carboxylic acids is 4. The maximum absolute atomic E-state index is 12.2. The van der Waals surface area contributed by atoms with Crippen molar-refractivity contribution >= 4 is 23.7 Å². The Morgan fingerprint density at radius 3 is 1.87 bits per heavy atom. The van der Waals surface area contributed by atoms with Gasteiger partial charge in [-0.1, -0.05) is 71.1 Å². The molecule has 4 N–H and O–H groups in total. The van der Waals surface area contributed by atoms with Gasteiger partial charge in [-0.15, -0.1) is 0 Å². The van der Waals surface area contributed by atoms with Crippen LogP contribution in [-0.4, -0.2) is 43.4 Å². The molecule has 0 aliphatic rings. The van der Waals surface area contributed by atoms with Gasteiger partial charge >= 0.3 is 5.97 Å². The van der Waals surface area contributed by atoms with Crippen LogP contribution in [0.1, 0.15) is 103 Å². The van der Waals surface area contributed by atoms with E-state index in [-0.39, 0.29) is 31.3 Å². The molecule has 0 aromatic carbocycles. The predicted octanol–water partition coefficient (Wildman–Crippen LogP) is 3.12. The second-order valence-electron chi connectivity index (χ2n) is 8.05. The van der Waals surface area contributed by atoms with Gasteiger partial charge in [-0.2, -0.15) is 0 Å². The van der Waals surface area contributed by atoms with E-state index in [4.69, 9.17) is 5.73 Å². The zero-order valence-electron chi connectivity index (χ0n) is 19.5. The van der Waals surface area contributed by atoms with Gasteiger partial charge in [-0.25, -0.2) is 0 Å². The van der Waals surface area contributed by atoms with E-state index in [0.29, 0.717) is 12.8 Å². The number of unbranched alkanes of at least 4 members (excludes halogenated alkanes) is 10. The molecule has 31 heavy (non-hydrogen) atoms. The van der Waals surface area contributed by atoms with Gasteiger partial charge in [0.1, 0.15) is 6.04 Å². The summed E-state index contributed by atoms with van der Waals surface area (Å²) in [6.45, 7) is 2.47. The molecule has 0 heterocycles. The summed E-state index contributed by atoms with van der Waals surface area (Å²) in [7, 11) is 1.30. The van der Waals surface area contributed by atoms with E-state index >= 15 is 0 Å². The molecule has 3 amide bonds. The fourth-order valence-corrected chi connectivity index (χ4v) is 3.30. The second kappa shape index (κ2) is 19.8. The minimum absolute atomic E-state index is 0.183. The van der Waals surface area contributed by atoms with Gasteiger partial charge in [-0.3, -0.25) is 19.2 Å². The van der Waals surface area contributed by atoms with Crippen molar-refractivity contribution in [1.29, 1.82) is 0 Å². The molecule has 0 saturated carbocycles. The summed E-state index contributed by atoms with van der Waals surface area (Å²) < 4.78 is 4.53. The van der Waals surface area contributed by atoms with Gasteiger partial charge in [0.05, 0.1) is 13.5 Å². The fourth-order valence-electron chi connectivity index (χ4n) is 3.30. The second-order valence-corrected chi connectivity index (χ2v) is 8.05. The minimum atomic E-state index is -0.990. The van der Waals surface area contributed by atoms with Gasteiger partial charge < -0.3 is 21.1 Å². The number of hydrogen-bond donors (Lipinski definition) is 3. The summed E-state index contributed by atoms with van der Waals surface area (Å²) in [5.41, 5.74) is 5.20. The zero-order valence-corrected chi connectivity index (χ0v) is 19.5. The standard InChI is InChI=1S/C23H43N3O5/c1-3-4-5-6-7-8-9-10-11-12-13-15-21(28)26-19(18-20(24)27)23(30)25-17-14-16-22(29)31-2/h19H,3-18H2,1-2H3,(H2,24,27)(H,25,30)(H,26,28). The third-order valence-electron chi connectivity index (χ3n) is 5.15. The topological polar surface area (TPSA) is 128 Å². The summed E-state index contributed by atoms with van der Waals surface area (Å²) in [5, 5.41) is 5.22. The van der Waals surface area contributed by atoms with Crippen molar-refractivity contribution in [3.63, 3.8) is 0 Å². The van der Waals surface area contributed by atoms with E-state index in [1.54, 1.807) is 0 Å². The first-order valence-electron chi connectivity index (χ1n) is 11.8. The van der Waals surface area contributed by atoms with E-state index in [1.165, 1.54) is 58.5 Å². The number of amides is 3. The summed E-state index contributed by atoms with van der Waals surface area (Å²) in [4.78, 5) is 46.7. The first-order valence-corrected chi connectivity index (χ1v) is 11.8. The summed E-state index contributed by atoms with van der Waals surface area (Å²) in [6, 6.07) is -0.990. The van der Waals surface area contributed by atoms with Gasteiger partial charge in [0.2, 0.25) is 17.7 Å². The van der Waals surface area contributed by atoms with E-state index in [0.717, 1.165) is 19.3 Å². The maximum Gasteiger partial charge on any atom is 0.305 e. The average molecular weight is 442 g/mol. The largest absolute Gasteiger partial charge is 0.469 e. The lowest BCUT2D eigenvalue weighted by Crippen LogP contribution is -2.48. The molecule has 1 unspecified atom stereocenters. The molecular weight excluding hydrogens is 398 g/mol. The van der Waals surface area contributed by atoms with Gasteiger partial charge in [0.25, 0.3) is 0 Å². The van der Waals surface area contributed by atoms with E-state index < -0.39 is 17.9 Å². The molecule has 0 rings (SSSR count). The predicted molar refractivity (Wildman–Crippen MR) is 121 cm³/mol. The molecule has 180 valence electrons. The quantitative estimate of drug-likeness (QED) is 0.198. The Hall–Kier alpha value is -2.12. The van der Waals surface area contributed by atoms with Crippen molar-refractivity contribution in [2.75, 3.05) is 13.7 Å². The minimum Gasteiger partial charge on any atom is -0.469 e. The molecule has 0 radical (unpaired) electrons. The molecule has 0 saturated heterocycles. The monoisotopic (exact) mass is 441 g/mol. The van der Waals surface area contributed by atoms with Crippen LogP contribution in [0.3, 0.4) is 0 Å². The van der Waals surface area contributed by atoms with Gasteiger partial charge in [-0.05, 0) is 12.8 Å². The van der Waals surface area contributed by atoms with Crippen LogP contribution in [0.15, 0.2) is 0 Å². The summed E-state index contributed by atoms with van der Waals surface area (Å²) >= 11 is 0. The highest BCUT2D eigenvalue weighted by molar-refractivity contribution is 5.91. The lowest BCUT2D eigenvalue weighted by atomic mass is 10.0. The van der Waals surface area contributed by atoms with Crippen LogP contribution in [0.2, 0.25) is 0 Å². The van der Waals surface area contributed by atoms with Crippen molar-refractivity contribution in [2.45, 2.75) is 109 Å². The van der Waals surface area contributed by atoms with E-state index in [2.05, 4.69) is 22.3 Å². The van der Waals surface area contributed by atoms with Crippen LogP contribution >= 0.6 is 0 Å². The molecule has 8 heteroatoms. The molecule has 0 aliphatic heterocycles. The molecule has 0 aliphatic carbocycles. The maximum atomic E-state index is 12.2. The number of primary amides is 1. The molecule has 0 aromatic rings. The smallest absolute Gasteiger partial charge is 0.305 e. The lowest BCUT2D eigenvalue weighted by molar-refractivity contribution is -0.140. The van der Waals surface area contributed by atoms with Crippen molar-refractivity contribution < 1.29 is 23.9 Å². The Morgan fingerprint density at radius 1 is 0.806 bits per heavy atom. The Labute approximate surface area is 187 Å². The highest BCUT2D eigenvalue weighted by Crippen LogP contribution is 2.12. The molecule has 0 bridgehead atoms. The van der Waals surface area contributed by atoms with Crippen molar-refractivity contribution in [3.05, 3.63) is 0 Å². The summed E-state index contributed by atoms with van der Waals surface area (Å²) in [6.07, 6.45) is 13.8. The van der Waals surface area contributed by atoms with Crippen LogP contribution in [0.4, 0.5) is 0 Å². The first kappa shape index (κ1) is 28.9. The van der Waals surface area contributed by atoms with Crippen LogP contribution in [0.5, 0.6) is 0 Å². The number of carbonyl (C=O) groups is 4. The number of methoxy groups -OCH3 is 1. The molecule has 0 spiro atoms. The van der Waals surface area contributed by atoms with Crippen molar-refractivity contribution in [2.24, 2.45) is 5.73 Å². The van der Waals surface area contributed by atoms with Crippen LogP contribution in [-0.2, 0) is 23.9 Å². The summed E-state index contributed by atoms with van der Waals surface area (Å²) in [5.74, 6) is -1.75. The lowest BCUT2D eigenvalue weighted by Gasteiger charge is -2.17. The molecule has 0 aromatic heterocycles. The third kappa shape index (κ3) is 18.4. The van der Waals surface area contributed by atoms with Crippen LogP contribution in [0, 0.1) is 0 Å². The normalized spacial score (nSPS) is 11.5. The number of hydrogen-bond acceptors (Lipinski definition) is 5. The van der Waals surface area contributed by atoms with Gasteiger partial charge in [0, 0.05) is 19.4 Å². The highest BCUT2D eigenvalue weighted by atomic mass is 16.5. The van der Waals surface area contributed by atoms with E-state index in [1.807, 2.05) is 0 Å². The van der Waals surface area contributed by atoms with E-state index in [9.17, 15) is 19.2 Å². The SMILES string of the molecule is CCCCCCCCCCCCCC(=O)NC(CC(N)=O)C(=O)NCCCC(=O)OC. The molecule has 0 fully saturated rings. The number of esters is 1.